The lowest BCUT2D eigenvalue weighted by molar-refractivity contribution is -0.438. The minimum atomic E-state index is -4.86. The quantitative estimate of drug-likeness (QED) is 0.0229. The number of anilines is 1. The Bertz CT molecular complexity index is 2700. The van der Waals surface area contributed by atoms with E-state index in [0.29, 0.717) is 55.6 Å². The maximum Gasteiger partial charge on any atom is 0.303 e. The third kappa shape index (κ3) is 16.0. The van der Waals surface area contributed by atoms with E-state index in [4.69, 9.17) is 0 Å². The number of fused-ring (bicyclic) bond motifs is 2. The molecule has 0 spiro atoms. The van der Waals surface area contributed by atoms with Crippen LogP contribution in [-0.2, 0) is 56.1 Å². The highest BCUT2D eigenvalue weighted by atomic mass is 127. The molecule has 0 amide bonds. The Morgan fingerprint density at radius 3 is 1.91 bits per heavy atom. The van der Waals surface area contributed by atoms with Gasteiger partial charge in [0.1, 0.15) is 16.7 Å². The van der Waals surface area contributed by atoms with Gasteiger partial charge >= 0.3 is 5.97 Å². The summed E-state index contributed by atoms with van der Waals surface area (Å²) in [5, 5.41) is 9.19. The van der Waals surface area contributed by atoms with Crippen molar-refractivity contribution in [3.8, 4) is 0 Å². The van der Waals surface area contributed by atoms with E-state index in [-0.39, 0.29) is 38.0 Å². The maximum absolute atomic E-state index is 12.2. The molecule has 2 aromatic carbocycles. The van der Waals surface area contributed by atoms with E-state index in [2.05, 4.69) is 69.1 Å². The summed E-state index contributed by atoms with van der Waals surface area (Å²) in [5.74, 6) is -2.15. The van der Waals surface area contributed by atoms with Gasteiger partial charge in [-0.1, -0.05) is 49.6 Å². The number of nitrogens with zero attached hydrogens (tertiary/aromatic N) is 2. The molecule has 2 aromatic rings. The van der Waals surface area contributed by atoms with Crippen molar-refractivity contribution in [2.45, 2.75) is 107 Å². The van der Waals surface area contributed by atoms with Crippen molar-refractivity contribution in [3.05, 3.63) is 96.8 Å². The molecule has 16 nitrogen and oxygen atoms in total. The molecule has 2 unspecified atom stereocenters. The predicted octanol–water partition coefficient (Wildman–Crippen LogP) is 7.92. The Labute approximate surface area is 410 Å². The van der Waals surface area contributed by atoms with Gasteiger partial charge in [0.2, 0.25) is 5.69 Å². The number of rotatable bonds is 26. The van der Waals surface area contributed by atoms with Crippen LogP contribution >= 0.6 is 45.2 Å². The zero-order valence-corrected chi connectivity index (χ0v) is 43.7. The number of carboxylic acids is 1. The van der Waals surface area contributed by atoms with E-state index in [1.54, 1.807) is 18.2 Å². The summed E-state index contributed by atoms with van der Waals surface area (Å²) in [6.07, 6.45) is 17.6. The number of carboxylic acid groups (broad SMARTS) is 1. The van der Waals surface area contributed by atoms with E-state index in [9.17, 15) is 61.8 Å². The highest BCUT2D eigenvalue weighted by Gasteiger charge is 2.48. The fraction of sp³-hybridized carbons (Fsp3) is 0.488. The maximum atomic E-state index is 12.2. The molecule has 0 aliphatic carbocycles. The molecule has 0 fully saturated rings. The topological polar surface area (TPSA) is 264 Å². The molecule has 0 aromatic heterocycles. The summed E-state index contributed by atoms with van der Waals surface area (Å²) >= 11 is 4.61. The molecule has 65 heavy (non-hydrogen) atoms. The second-order valence-corrected chi connectivity index (χ2v) is 25.1. The Balaban J connectivity index is 1.72. The van der Waals surface area contributed by atoms with Crippen LogP contribution in [0.25, 0.3) is 0 Å². The number of hydrogen-bond donors (Lipinski definition) is 4. The van der Waals surface area contributed by atoms with Gasteiger partial charge in [0.25, 0.3) is 30.4 Å². The van der Waals surface area contributed by atoms with Crippen LogP contribution in [0.3, 0.4) is 0 Å². The molecule has 4 rings (SSSR count). The van der Waals surface area contributed by atoms with Crippen LogP contribution < -0.4 is 4.90 Å². The summed E-state index contributed by atoms with van der Waals surface area (Å²) in [6, 6.07) is 8.22. The van der Waals surface area contributed by atoms with E-state index in [1.807, 2.05) is 35.8 Å². The summed E-state index contributed by atoms with van der Waals surface area (Å²) in [4.78, 5) is 12.9. The number of aliphatic carboxylic acids is 1. The zero-order valence-electron chi connectivity index (χ0n) is 36.1. The van der Waals surface area contributed by atoms with Gasteiger partial charge in [-0.2, -0.15) is 29.8 Å². The lowest BCUT2D eigenvalue weighted by Crippen LogP contribution is -2.32. The van der Waals surface area contributed by atoms with Gasteiger partial charge in [-0.25, -0.2) is 8.42 Å². The van der Waals surface area contributed by atoms with Crippen molar-refractivity contribution in [1.82, 2.24) is 0 Å². The third-order valence-corrected chi connectivity index (χ3v) is 16.4. The van der Waals surface area contributed by atoms with Gasteiger partial charge in [-0.05, 0) is 134 Å². The molecule has 2 atom stereocenters. The molecule has 360 valence electrons. The molecule has 0 radical (unpaired) electrons. The summed E-state index contributed by atoms with van der Waals surface area (Å²) < 4.78 is 137. The highest BCUT2D eigenvalue weighted by molar-refractivity contribution is 14.1. The van der Waals surface area contributed by atoms with Crippen LogP contribution in [0.1, 0.15) is 102 Å². The first-order valence-corrected chi connectivity index (χ1v) is 29.4. The van der Waals surface area contributed by atoms with Crippen LogP contribution in [0.2, 0.25) is 0 Å². The van der Waals surface area contributed by atoms with Gasteiger partial charge < -0.3 is 14.6 Å². The molecule has 2 aliphatic heterocycles. The van der Waals surface area contributed by atoms with Gasteiger partial charge in [0.05, 0.1) is 27.6 Å². The van der Waals surface area contributed by atoms with E-state index >= 15 is 0 Å². The molecule has 2 heterocycles. The van der Waals surface area contributed by atoms with Crippen molar-refractivity contribution >= 4 is 109 Å². The Hall–Kier alpha value is -2.56. The largest absolute Gasteiger partial charge is 0.744 e. The Morgan fingerprint density at radius 2 is 1.29 bits per heavy atom. The fourth-order valence-corrected chi connectivity index (χ4v) is 13.2. The third-order valence-electron chi connectivity index (χ3n) is 11.6. The van der Waals surface area contributed by atoms with Crippen molar-refractivity contribution in [2.75, 3.05) is 35.2 Å². The van der Waals surface area contributed by atoms with Crippen molar-refractivity contribution < 1.29 is 66.4 Å². The molecular formula is C43H56I2N2O14S4. The number of carbonyl (C=O) groups is 1. The van der Waals surface area contributed by atoms with E-state index < -0.39 is 73.7 Å². The number of benzene rings is 2. The first kappa shape index (κ1) is 55.0. The van der Waals surface area contributed by atoms with E-state index in [0.717, 1.165) is 43.4 Å². The first-order valence-electron chi connectivity index (χ1n) is 21.0. The summed E-state index contributed by atoms with van der Waals surface area (Å²) in [6.45, 7) is 4.74. The van der Waals surface area contributed by atoms with Crippen LogP contribution in [0.4, 0.5) is 11.4 Å². The fourth-order valence-electron chi connectivity index (χ4n) is 8.62. The normalized spacial score (nSPS) is 20.0. The standard InChI is InChI=1S/C43H56I2N2O14S4/c1-42(22-11-14-26-62(50,51)52)34-31-33(65(59,60)61)20-21-36(34)46(24-12-15-27-63(53,54)55)38(42)17-7-4-3-5-8-18-39-43(2,23-10-6-9-19-40(48)49)41-35(45)29-32(44)30-37(41)47(39)25-13-16-28-64(56,57)58/h3-5,7-8,17-18,20-21,29-31H,6,9-16,19,22-28H2,1-2H3,(H4-,48,49,50,51,52,53,54,55,56,57,58,59,60,61). The van der Waals surface area contributed by atoms with Gasteiger partial charge in [-0.15, -0.1) is 0 Å². The highest BCUT2D eigenvalue weighted by Crippen LogP contribution is 2.53. The van der Waals surface area contributed by atoms with Gasteiger partial charge in [-0.3, -0.25) is 18.5 Å². The van der Waals surface area contributed by atoms with Gasteiger partial charge in [0.15, 0.2) is 5.71 Å². The predicted molar refractivity (Wildman–Crippen MR) is 266 cm³/mol. The molecule has 2 aliphatic rings. The zero-order chi connectivity index (χ0) is 48.4. The van der Waals surface area contributed by atoms with Crippen molar-refractivity contribution in [3.63, 3.8) is 0 Å². The molecule has 0 bridgehead atoms. The Morgan fingerprint density at radius 1 is 0.723 bits per heavy atom. The van der Waals surface area contributed by atoms with Crippen LogP contribution in [0.15, 0.2) is 83.5 Å². The monoisotopic (exact) mass is 1210 g/mol. The first-order chi connectivity index (χ1) is 30.2. The average molecular weight is 1210 g/mol. The smallest absolute Gasteiger partial charge is 0.303 e. The number of halogens is 2. The van der Waals surface area contributed by atoms with Crippen molar-refractivity contribution in [1.29, 1.82) is 0 Å². The average Bonchev–Trinajstić information content (AvgIpc) is 3.54. The Kier molecular flexibility index (Phi) is 19.6. The second-order valence-electron chi connectivity index (χ2n) is 16.6. The SMILES string of the molecule is CC1(CCCCS(=O)(=O)O)C(/C=C/C=C/C=C/C=C2\N(CCCCS(=O)(=O)O)c3cc(I)cc(I)c3C2(C)CCCCCC(=O)O)=[N+](CCCCS(=O)(=O)O)c2ccc(S(=O)(=O)[O-])cc21. The molecule has 22 heteroatoms. The molecular weight excluding hydrogens is 1150 g/mol. The lowest BCUT2D eigenvalue weighted by Gasteiger charge is -2.31. The van der Waals surface area contributed by atoms with Crippen LogP contribution in [0, 0.1) is 7.14 Å². The second kappa shape index (κ2) is 23.2. The van der Waals surface area contributed by atoms with Crippen LogP contribution in [0.5, 0.6) is 0 Å². The summed E-state index contributed by atoms with van der Waals surface area (Å²) in [7, 11) is -17.5. The number of hydrogen-bond acceptors (Lipinski definition) is 11. The van der Waals surface area contributed by atoms with Crippen LogP contribution in [-0.4, -0.2) is 104 Å². The number of unbranched alkanes of at least 4 members (excludes halogenated alkanes) is 5. The van der Waals surface area contributed by atoms with Gasteiger partial charge in [0, 0.05) is 66.6 Å². The molecule has 4 N–H and O–H groups in total. The molecule has 0 saturated heterocycles. The minimum absolute atomic E-state index is 0.0827. The lowest BCUT2D eigenvalue weighted by atomic mass is 9.75. The minimum Gasteiger partial charge on any atom is -0.744 e. The van der Waals surface area contributed by atoms with E-state index in [1.165, 1.54) is 18.2 Å². The molecule has 0 saturated carbocycles. The van der Waals surface area contributed by atoms with Crippen molar-refractivity contribution in [2.24, 2.45) is 0 Å². The number of allylic oxidation sites excluding steroid dienone is 8. The summed E-state index contributed by atoms with van der Waals surface area (Å²) in [5.41, 5.74) is 3.40.